The molecule has 0 unspecified atom stereocenters. The number of phenols is 2. The van der Waals surface area contributed by atoms with E-state index in [0.717, 1.165) is 9.64 Å². The predicted molar refractivity (Wildman–Crippen MR) is 113 cm³/mol. The van der Waals surface area contributed by atoms with Crippen molar-refractivity contribution in [2.75, 3.05) is 5.01 Å². The largest absolute Gasteiger partial charge is 0.508 e. The van der Waals surface area contributed by atoms with Crippen LogP contribution in [0.4, 0.5) is 5.69 Å². The van der Waals surface area contributed by atoms with Gasteiger partial charge in [0, 0.05) is 15.3 Å². The molecule has 0 spiro atoms. The van der Waals surface area contributed by atoms with Gasteiger partial charge in [-0.15, -0.1) is 0 Å². The molecule has 144 valence electrons. The number of amides is 2. The number of aromatic hydroxyl groups is 2. The van der Waals surface area contributed by atoms with Crippen molar-refractivity contribution >= 4 is 45.8 Å². The molecule has 0 saturated heterocycles. The molecule has 0 atom stereocenters. The average Bonchev–Trinajstić information content (AvgIpc) is 2.94. The minimum Gasteiger partial charge on any atom is -0.508 e. The third-order valence-electron chi connectivity index (χ3n) is 4.05. The number of carbonyl (C=O) groups is 2. The number of rotatable bonds is 4. The van der Waals surface area contributed by atoms with Crippen molar-refractivity contribution in [3.05, 3.63) is 62.9 Å². The molecule has 1 aliphatic rings. The second kappa shape index (κ2) is 7.89. The number of nitrogens with one attached hydrogen (secondary N) is 2. The van der Waals surface area contributed by atoms with E-state index in [0.29, 0.717) is 22.7 Å². The molecule has 4 N–H and O–H groups in total. The van der Waals surface area contributed by atoms with Gasteiger partial charge in [-0.05, 0) is 72.8 Å². The van der Waals surface area contributed by atoms with E-state index >= 15 is 0 Å². The first-order chi connectivity index (χ1) is 13.3. The molecular formula is C19H17IN4O4. The van der Waals surface area contributed by atoms with Gasteiger partial charge in [-0.25, -0.2) is 0 Å². The molecule has 0 aromatic heterocycles. The Morgan fingerprint density at radius 2 is 1.79 bits per heavy atom. The van der Waals surface area contributed by atoms with E-state index in [1.54, 1.807) is 26.0 Å². The molecule has 0 bridgehead atoms. The summed E-state index contributed by atoms with van der Waals surface area (Å²) < 4.78 is 1.04. The van der Waals surface area contributed by atoms with Crippen molar-refractivity contribution in [3.63, 3.8) is 0 Å². The van der Waals surface area contributed by atoms with Crippen LogP contribution in [0.3, 0.4) is 0 Å². The van der Waals surface area contributed by atoms with E-state index in [2.05, 4.69) is 38.5 Å². The van der Waals surface area contributed by atoms with Crippen LogP contribution < -0.4 is 15.9 Å². The summed E-state index contributed by atoms with van der Waals surface area (Å²) in [7, 11) is 0. The van der Waals surface area contributed by atoms with E-state index in [-0.39, 0.29) is 23.0 Å². The Morgan fingerprint density at radius 1 is 1.11 bits per heavy atom. The lowest BCUT2D eigenvalue weighted by molar-refractivity contribution is -0.114. The van der Waals surface area contributed by atoms with Gasteiger partial charge >= 0.3 is 0 Å². The summed E-state index contributed by atoms with van der Waals surface area (Å²) in [5.74, 6) is -1.44. The van der Waals surface area contributed by atoms with E-state index in [9.17, 15) is 19.8 Å². The molecule has 2 amide bonds. The molecule has 1 heterocycles. The Kier molecular flexibility index (Phi) is 5.54. The van der Waals surface area contributed by atoms with Crippen molar-refractivity contribution in [1.82, 2.24) is 10.9 Å². The highest BCUT2D eigenvalue weighted by Crippen LogP contribution is 2.25. The number of phenolic OH excluding ortho intramolecular Hbond substituents is 2. The molecule has 3 rings (SSSR count). The van der Waals surface area contributed by atoms with Crippen LogP contribution in [0, 0.1) is 3.57 Å². The van der Waals surface area contributed by atoms with Crippen LogP contribution in [-0.2, 0) is 4.79 Å². The maximum atomic E-state index is 12.8. The molecule has 0 radical (unpaired) electrons. The highest BCUT2D eigenvalue weighted by molar-refractivity contribution is 14.1. The van der Waals surface area contributed by atoms with Gasteiger partial charge in [-0.1, -0.05) is 0 Å². The SMILES string of the molecule is CC1=NN(c2ccc(I)cc2)C(=O)C1=C(C)NNC(=O)c1ccc(O)cc1O. The van der Waals surface area contributed by atoms with Crippen LogP contribution in [0.1, 0.15) is 24.2 Å². The first-order valence-corrected chi connectivity index (χ1v) is 9.30. The fourth-order valence-electron chi connectivity index (χ4n) is 2.69. The maximum Gasteiger partial charge on any atom is 0.282 e. The molecule has 28 heavy (non-hydrogen) atoms. The van der Waals surface area contributed by atoms with Gasteiger partial charge in [0.05, 0.1) is 22.5 Å². The molecule has 1 aliphatic heterocycles. The zero-order valence-electron chi connectivity index (χ0n) is 15.0. The Labute approximate surface area is 174 Å². The van der Waals surface area contributed by atoms with Crippen LogP contribution in [0.2, 0.25) is 0 Å². The van der Waals surface area contributed by atoms with Gasteiger partial charge < -0.3 is 15.6 Å². The van der Waals surface area contributed by atoms with Crippen LogP contribution >= 0.6 is 22.6 Å². The Hall–Kier alpha value is -3.08. The monoisotopic (exact) mass is 492 g/mol. The van der Waals surface area contributed by atoms with Gasteiger partial charge in [-0.3, -0.25) is 15.0 Å². The summed E-state index contributed by atoms with van der Waals surface area (Å²) >= 11 is 2.18. The van der Waals surface area contributed by atoms with Crippen molar-refractivity contribution in [3.8, 4) is 11.5 Å². The second-order valence-corrected chi connectivity index (χ2v) is 7.30. The topological polar surface area (TPSA) is 114 Å². The smallest absolute Gasteiger partial charge is 0.282 e. The molecule has 0 aliphatic carbocycles. The third kappa shape index (κ3) is 3.93. The fourth-order valence-corrected chi connectivity index (χ4v) is 3.05. The van der Waals surface area contributed by atoms with Crippen molar-refractivity contribution in [1.29, 1.82) is 0 Å². The van der Waals surface area contributed by atoms with Crippen LogP contribution in [-0.4, -0.2) is 27.7 Å². The lowest BCUT2D eigenvalue weighted by Gasteiger charge is -2.14. The molecule has 2 aromatic rings. The zero-order chi connectivity index (χ0) is 20.4. The summed E-state index contributed by atoms with van der Waals surface area (Å²) in [6.45, 7) is 3.35. The first kappa shape index (κ1) is 19.7. The number of hydrogen-bond donors (Lipinski definition) is 4. The number of hydrazine groups is 1. The second-order valence-electron chi connectivity index (χ2n) is 6.06. The summed E-state index contributed by atoms with van der Waals surface area (Å²) in [5.41, 5.74) is 6.99. The van der Waals surface area contributed by atoms with E-state index in [1.165, 1.54) is 17.1 Å². The average molecular weight is 492 g/mol. The lowest BCUT2D eigenvalue weighted by Crippen LogP contribution is -2.37. The molecule has 0 saturated carbocycles. The van der Waals surface area contributed by atoms with Crippen LogP contribution in [0.15, 0.2) is 58.8 Å². The Morgan fingerprint density at radius 3 is 2.43 bits per heavy atom. The van der Waals surface area contributed by atoms with Gasteiger partial charge in [0.15, 0.2) is 0 Å². The summed E-state index contributed by atoms with van der Waals surface area (Å²) in [5, 5.41) is 24.7. The van der Waals surface area contributed by atoms with Gasteiger partial charge in [0.2, 0.25) is 0 Å². The minimum absolute atomic E-state index is 0.0215. The molecule has 2 aromatic carbocycles. The lowest BCUT2D eigenvalue weighted by atomic mass is 10.1. The number of nitrogens with zero attached hydrogens (tertiary/aromatic N) is 2. The maximum absolute atomic E-state index is 12.8. The van der Waals surface area contributed by atoms with E-state index in [4.69, 9.17) is 0 Å². The number of hydrazone groups is 1. The van der Waals surface area contributed by atoms with Crippen molar-refractivity contribution in [2.24, 2.45) is 5.10 Å². The summed E-state index contributed by atoms with van der Waals surface area (Å²) in [4.78, 5) is 25.0. The zero-order valence-corrected chi connectivity index (χ0v) is 17.2. The first-order valence-electron chi connectivity index (χ1n) is 8.22. The van der Waals surface area contributed by atoms with Gasteiger partial charge in [0.1, 0.15) is 11.5 Å². The van der Waals surface area contributed by atoms with E-state index in [1.807, 2.05) is 12.1 Å². The highest BCUT2D eigenvalue weighted by atomic mass is 127. The highest BCUT2D eigenvalue weighted by Gasteiger charge is 2.30. The minimum atomic E-state index is -0.619. The number of hydrogen-bond acceptors (Lipinski definition) is 6. The van der Waals surface area contributed by atoms with Crippen LogP contribution in [0.25, 0.3) is 0 Å². The number of carbonyl (C=O) groups excluding carboxylic acids is 2. The number of benzene rings is 2. The van der Waals surface area contributed by atoms with Crippen molar-refractivity contribution < 1.29 is 19.8 Å². The fraction of sp³-hybridized carbons (Fsp3) is 0.105. The summed E-state index contributed by atoms with van der Waals surface area (Å²) in [6.07, 6.45) is 0. The predicted octanol–water partition coefficient (Wildman–Crippen LogP) is 2.63. The van der Waals surface area contributed by atoms with Crippen LogP contribution in [0.5, 0.6) is 11.5 Å². The number of halogens is 1. The van der Waals surface area contributed by atoms with Gasteiger partial charge in [0.25, 0.3) is 11.8 Å². The third-order valence-corrected chi connectivity index (χ3v) is 4.77. The molecular weight excluding hydrogens is 475 g/mol. The summed E-state index contributed by atoms with van der Waals surface area (Å²) in [6, 6.07) is 11.0. The number of allylic oxidation sites excluding steroid dienone is 1. The standard InChI is InChI=1S/C19H17IN4O4/c1-10(21-22-18(27)15-8-7-14(25)9-16(15)26)17-11(2)23-24(19(17)28)13-5-3-12(20)4-6-13/h3-9,21,25-26H,1-2H3,(H,22,27). The molecule has 0 fully saturated rings. The van der Waals surface area contributed by atoms with Crippen molar-refractivity contribution in [2.45, 2.75) is 13.8 Å². The quantitative estimate of drug-likeness (QED) is 0.298. The van der Waals surface area contributed by atoms with Gasteiger partial charge in [-0.2, -0.15) is 10.1 Å². The van der Waals surface area contributed by atoms with E-state index < -0.39 is 5.91 Å². The molecule has 8 nitrogen and oxygen atoms in total. The normalized spacial score (nSPS) is 15.3. The molecule has 9 heteroatoms. The Bertz CT molecular complexity index is 1020. The number of anilines is 1. The Balaban J connectivity index is 1.76.